The molecule has 1 rings (SSSR count). The van der Waals surface area contributed by atoms with Crippen molar-refractivity contribution in [3.63, 3.8) is 0 Å². The van der Waals surface area contributed by atoms with Crippen molar-refractivity contribution >= 4 is 17.7 Å². The standard InChI is InChI=1S/C7H10N4/c1-3-10-7-6(8-2)4-9-5-11-7/h3-5,8H,1-2H3. The second-order valence-electron chi connectivity index (χ2n) is 1.90. The van der Waals surface area contributed by atoms with Gasteiger partial charge < -0.3 is 5.32 Å². The smallest absolute Gasteiger partial charge is 0.178 e. The Hall–Kier alpha value is -1.45. The summed E-state index contributed by atoms with van der Waals surface area (Å²) in [4.78, 5) is 11.9. The highest BCUT2D eigenvalue weighted by molar-refractivity contribution is 5.66. The fraction of sp³-hybridized carbons (Fsp3) is 0.286. The van der Waals surface area contributed by atoms with Gasteiger partial charge >= 0.3 is 0 Å². The molecule has 0 atom stereocenters. The summed E-state index contributed by atoms with van der Waals surface area (Å²) in [6.45, 7) is 1.85. The lowest BCUT2D eigenvalue weighted by atomic mass is 10.5. The number of nitrogens with zero attached hydrogens (tertiary/aromatic N) is 3. The number of hydrogen-bond acceptors (Lipinski definition) is 4. The summed E-state index contributed by atoms with van der Waals surface area (Å²) in [5, 5.41) is 2.94. The molecule has 0 amide bonds. The van der Waals surface area contributed by atoms with Gasteiger partial charge in [-0.1, -0.05) is 0 Å². The van der Waals surface area contributed by atoms with Crippen molar-refractivity contribution in [1.29, 1.82) is 0 Å². The normalized spacial score (nSPS) is 10.4. The minimum absolute atomic E-state index is 0.671. The van der Waals surface area contributed by atoms with Crippen molar-refractivity contribution in [2.45, 2.75) is 6.92 Å². The van der Waals surface area contributed by atoms with E-state index >= 15 is 0 Å². The average molecular weight is 150 g/mol. The van der Waals surface area contributed by atoms with E-state index in [4.69, 9.17) is 0 Å². The van der Waals surface area contributed by atoms with Gasteiger partial charge in [0.25, 0.3) is 0 Å². The molecule has 0 unspecified atom stereocenters. The van der Waals surface area contributed by atoms with Gasteiger partial charge in [0.2, 0.25) is 0 Å². The lowest BCUT2D eigenvalue weighted by Gasteiger charge is -2.00. The van der Waals surface area contributed by atoms with E-state index in [0.29, 0.717) is 5.82 Å². The SMILES string of the molecule is CC=Nc1ncncc1NC. The van der Waals surface area contributed by atoms with E-state index < -0.39 is 0 Å². The van der Waals surface area contributed by atoms with E-state index in [1.807, 2.05) is 14.0 Å². The molecule has 4 nitrogen and oxygen atoms in total. The summed E-state index contributed by atoms with van der Waals surface area (Å²) >= 11 is 0. The van der Waals surface area contributed by atoms with Crippen molar-refractivity contribution in [1.82, 2.24) is 9.97 Å². The zero-order chi connectivity index (χ0) is 8.10. The highest BCUT2D eigenvalue weighted by Crippen LogP contribution is 2.17. The van der Waals surface area contributed by atoms with Crippen LogP contribution in [0.25, 0.3) is 0 Å². The molecule has 58 valence electrons. The summed E-state index contributed by atoms with van der Waals surface area (Å²) in [6.07, 6.45) is 4.86. The number of rotatable bonds is 2. The molecule has 0 saturated heterocycles. The third-order valence-electron chi connectivity index (χ3n) is 1.21. The van der Waals surface area contributed by atoms with Crippen LogP contribution in [0, 0.1) is 0 Å². The second kappa shape index (κ2) is 3.65. The maximum absolute atomic E-state index is 4.04. The molecule has 0 aromatic carbocycles. The molecule has 1 aromatic heterocycles. The minimum Gasteiger partial charge on any atom is -0.384 e. The van der Waals surface area contributed by atoms with Gasteiger partial charge in [0, 0.05) is 13.3 Å². The summed E-state index contributed by atoms with van der Waals surface area (Å²) < 4.78 is 0. The highest BCUT2D eigenvalue weighted by atomic mass is 15.0. The molecule has 0 radical (unpaired) electrons. The third-order valence-corrected chi connectivity index (χ3v) is 1.21. The zero-order valence-corrected chi connectivity index (χ0v) is 6.57. The van der Waals surface area contributed by atoms with Gasteiger partial charge in [-0.15, -0.1) is 0 Å². The van der Waals surface area contributed by atoms with Crippen LogP contribution in [0.15, 0.2) is 17.5 Å². The van der Waals surface area contributed by atoms with E-state index in [0.717, 1.165) is 5.69 Å². The summed E-state index contributed by atoms with van der Waals surface area (Å²) in [5.41, 5.74) is 0.839. The quantitative estimate of drug-likeness (QED) is 0.645. The first-order chi connectivity index (χ1) is 5.38. The van der Waals surface area contributed by atoms with Crippen LogP contribution in [-0.2, 0) is 0 Å². The predicted octanol–water partition coefficient (Wildman–Crippen LogP) is 1.24. The average Bonchev–Trinajstić information content (AvgIpc) is 2.06. The molecular weight excluding hydrogens is 140 g/mol. The third kappa shape index (κ3) is 1.73. The number of anilines is 1. The zero-order valence-electron chi connectivity index (χ0n) is 6.57. The Morgan fingerprint density at radius 3 is 3.09 bits per heavy atom. The Morgan fingerprint density at radius 2 is 2.45 bits per heavy atom. The Kier molecular flexibility index (Phi) is 2.54. The molecule has 1 N–H and O–H groups in total. The van der Waals surface area contributed by atoms with Crippen LogP contribution in [0.3, 0.4) is 0 Å². The molecule has 4 heteroatoms. The number of aliphatic imine (C=N–C) groups is 1. The topological polar surface area (TPSA) is 50.2 Å². The van der Waals surface area contributed by atoms with Gasteiger partial charge in [-0.05, 0) is 6.92 Å². The summed E-state index contributed by atoms with van der Waals surface area (Å²) in [7, 11) is 1.81. The van der Waals surface area contributed by atoms with Gasteiger partial charge in [-0.3, -0.25) is 0 Å². The highest BCUT2D eigenvalue weighted by Gasteiger charge is 1.96. The lowest BCUT2D eigenvalue weighted by Crippen LogP contribution is -1.91. The lowest BCUT2D eigenvalue weighted by molar-refractivity contribution is 1.15. The number of nitrogens with one attached hydrogen (secondary N) is 1. The van der Waals surface area contributed by atoms with Gasteiger partial charge in [-0.25, -0.2) is 15.0 Å². The molecule has 1 aromatic rings. The Balaban J connectivity index is 3.02. The first kappa shape index (κ1) is 7.65. The molecule has 0 bridgehead atoms. The second-order valence-corrected chi connectivity index (χ2v) is 1.90. The molecule has 0 spiro atoms. The number of aromatic nitrogens is 2. The van der Waals surface area contributed by atoms with Crippen LogP contribution in [0.1, 0.15) is 6.92 Å². The van der Waals surface area contributed by atoms with Crippen LogP contribution in [-0.4, -0.2) is 23.2 Å². The van der Waals surface area contributed by atoms with E-state index in [2.05, 4.69) is 20.3 Å². The van der Waals surface area contributed by atoms with Crippen molar-refractivity contribution in [2.24, 2.45) is 4.99 Å². The Bertz CT molecular complexity index is 256. The largest absolute Gasteiger partial charge is 0.384 e. The van der Waals surface area contributed by atoms with Gasteiger partial charge in [0.05, 0.1) is 11.9 Å². The minimum atomic E-state index is 0.671. The molecule has 11 heavy (non-hydrogen) atoms. The fourth-order valence-corrected chi connectivity index (χ4v) is 0.725. The molecule has 0 aliphatic heterocycles. The summed E-state index contributed by atoms with van der Waals surface area (Å²) in [5.74, 6) is 0.671. The summed E-state index contributed by atoms with van der Waals surface area (Å²) in [6, 6.07) is 0. The van der Waals surface area contributed by atoms with E-state index in [-0.39, 0.29) is 0 Å². The number of hydrogen-bond donors (Lipinski definition) is 1. The Morgan fingerprint density at radius 1 is 1.64 bits per heavy atom. The van der Waals surface area contributed by atoms with Crippen LogP contribution < -0.4 is 5.32 Å². The van der Waals surface area contributed by atoms with Gasteiger partial charge in [0.1, 0.15) is 6.33 Å². The maximum atomic E-state index is 4.04. The van der Waals surface area contributed by atoms with E-state index in [9.17, 15) is 0 Å². The van der Waals surface area contributed by atoms with Gasteiger partial charge in [0.15, 0.2) is 5.82 Å². The van der Waals surface area contributed by atoms with Crippen LogP contribution >= 0.6 is 0 Å². The monoisotopic (exact) mass is 150 g/mol. The molecule has 1 heterocycles. The van der Waals surface area contributed by atoms with E-state index in [1.54, 1.807) is 12.4 Å². The first-order valence-corrected chi connectivity index (χ1v) is 3.35. The van der Waals surface area contributed by atoms with Crippen molar-refractivity contribution in [3.05, 3.63) is 12.5 Å². The van der Waals surface area contributed by atoms with Crippen molar-refractivity contribution < 1.29 is 0 Å². The van der Waals surface area contributed by atoms with Crippen molar-refractivity contribution in [3.8, 4) is 0 Å². The maximum Gasteiger partial charge on any atom is 0.178 e. The Labute approximate surface area is 65.4 Å². The molecular formula is C7H10N4. The van der Waals surface area contributed by atoms with Crippen LogP contribution in [0.4, 0.5) is 11.5 Å². The molecule has 0 saturated carbocycles. The predicted molar refractivity (Wildman–Crippen MR) is 45.4 cm³/mol. The molecule has 0 aliphatic carbocycles. The van der Waals surface area contributed by atoms with Gasteiger partial charge in [-0.2, -0.15) is 0 Å². The first-order valence-electron chi connectivity index (χ1n) is 3.35. The van der Waals surface area contributed by atoms with E-state index in [1.165, 1.54) is 6.33 Å². The molecule has 0 aliphatic rings. The van der Waals surface area contributed by atoms with Crippen LogP contribution in [0.5, 0.6) is 0 Å². The molecule has 0 fully saturated rings. The fourth-order valence-electron chi connectivity index (χ4n) is 0.725. The van der Waals surface area contributed by atoms with Crippen LogP contribution in [0.2, 0.25) is 0 Å². The van der Waals surface area contributed by atoms with Crippen molar-refractivity contribution in [2.75, 3.05) is 12.4 Å².